The minimum absolute atomic E-state index is 0.565. The van der Waals surface area contributed by atoms with Gasteiger partial charge in [-0.25, -0.2) is 0 Å². The Morgan fingerprint density at radius 3 is 2.45 bits per heavy atom. The van der Waals surface area contributed by atoms with Crippen LogP contribution in [-0.4, -0.2) is 6.54 Å². The molecule has 0 aromatic heterocycles. The van der Waals surface area contributed by atoms with E-state index in [2.05, 4.69) is 15.9 Å². The summed E-state index contributed by atoms with van der Waals surface area (Å²) in [6.07, 6.45) is 0. The van der Waals surface area contributed by atoms with Crippen LogP contribution >= 0.6 is 15.9 Å². The fraction of sp³-hybridized carbons (Fsp3) is 0.111. The van der Waals surface area contributed by atoms with Crippen LogP contribution in [-0.2, 0) is 0 Å². The van der Waals surface area contributed by atoms with Gasteiger partial charge in [-0.3, -0.25) is 0 Å². The minimum Gasteiger partial charge on any atom is -0.326 e. The molecule has 0 saturated heterocycles. The summed E-state index contributed by atoms with van der Waals surface area (Å²) in [6.45, 7) is 0.565. The van der Waals surface area contributed by atoms with E-state index in [1.54, 1.807) is 0 Å². The first-order valence-corrected chi connectivity index (χ1v) is 4.35. The highest BCUT2D eigenvalue weighted by Crippen LogP contribution is 2.13. The summed E-state index contributed by atoms with van der Waals surface area (Å²) in [4.78, 5) is 1.86. The second kappa shape index (κ2) is 4.31. The molecule has 0 bridgehead atoms. The predicted molar refractivity (Wildman–Crippen MR) is 52.4 cm³/mol. The highest BCUT2D eigenvalue weighted by atomic mass is 79.9. The molecular weight excluding hydrogens is 202 g/mol. The molecule has 0 saturated carbocycles. The molecule has 1 aromatic rings. The van der Waals surface area contributed by atoms with Crippen molar-refractivity contribution in [2.24, 2.45) is 5.73 Å². The molecule has 1 nitrogen and oxygen atoms in total. The second-order valence-corrected chi connectivity index (χ2v) is 2.66. The molecule has 0 aliphatic carbocycles. The van der Waals surface area contributed by atoms with Crippen LogP contribution in [0.25, 0.3) is 5.57 Å². The Morgan fingerprint density at radius 2 is 2.00 bits per heavy atom. The first-order chi connectivity index (χ1) is 5.38. The number of rotatable bonds is 2. The summed E-state index contributed by atoms with van der Waals surface area (Å²) in [5.41, 5.74) is 7.81. The third kappa shape index (κ3) is 2.17. The van der Waals surface area contributed by atoms with Gasteiger partial charge in [0.05, 0.1) is 0 Å². The lowest BCUT2D eigenvalue weighted by atomic mass is 10.1. The number of benzene rings is 1. The molecule has 2 heteroatoms. The number of nitrogens with two attached hydrogens (primary N) is 1. The molecule has 0 aliphatic rings. The van der Waals surface area contributed by atoms with Crippen molar-refractivity contribution in [1.29, 1.82) is 0 Å². The summed E-state index contributed by atoms with van der Waals surface area (Å²) in [5.74, 6) is 0. The summed E-state index contributed by atoms with van der Waals surface area (Å²) in [6, 6.07) is 10.1. The number of halogens is 1. The van der Waals surface area contributed by atoms with Crippen molar-refractivity contribution in [2.45, 2.75) is 0 Å². The topological polar surface area (TPSA) is 26.0 Å². The van der Waals surface area contributed by atoms with Crippen molar-refractivity contribution in [3.63, 3.8) is 0 Å². The lowest BCUT2D eigenvalue weighted by molar-refractivity contribution is 1.27. The number of hydrogen-bond acceptors (Lipinski definition) is 1. The molecule has 1 rings (SSSR count). The van der Waals surface area contributed by atoms with Gasteiger partial charge < -0.3 is 5.73 Å². The minimum atomic E-state index is 0.565. The van der Waals surface area contributed by atoms with Crippen LogP contribution in [0, 0.1) is 0 Å². The van der Waals surface area contributed by atoms with Gasteiger partial charge in [0, 0.05) is 6.54 Å². The molecular formula is C9H10BrN. The van der Waals surface area contributed by atoms with Crippen LogP contribution in [0.4, 0.5) is 0 Å². The molecule has 0 amide bonds. The zero-order chi connectivity index (χ0) is 8.10. The van der Waals surface area contributed by atoms with E-state index in [1.165, 1.54) is 5.56 Å². The highest BCUT2D eigenvalue weighted by molar-refractivity contribution is 9.11. The van der Waals surface area contributed by atoms with Gasteiger partial charge in [-0.05, 0) is 16.1 Å². The van der Waals surface area contributed by atoms with E-state index < -0.39 is 0 Å². The van der Waals surface area contributed by atoms with Gasteiger partial charge in [0.1, 0.15) is 0 Å². The highest BCUT2D eigenvalue weighted by Gasteiger charge is 1.94. The van der Waals surface area contributed by atoms with Crippen LogP contribution in [0.1, 0.15) is 5.56 Å². The van der Waals surface area contributed by atoms with Crippen molar-refractivity contribution >= 4 is 21.5 Å². The molecule has 11 heavy (non-hydrogen) atoms. The molecule has 0 heterocycles. The summed E-state index contributed by atoms with van der Waals surface area (Å²) < 4.78 is 0. The van der Waals surface area contributed by atoms with E-state index in [4.69, 9.17) is 5.73 Å². The predicted octanol–water partition coefficient (Wildman–Crippen LogP) is 2.38. The van der Waals surface area contributed by atoms with E-state index in [9.17, 15) is 0 Å². The van der Waals surface area contributed by atoms with Gasteiger partial charge in [0.15, 0.2) is 0 Å². The van der Waals surface area contributed by atoms with Gasteiger partial charge in [-0.2, -0.15) is 0 Å². The van der Waals surface area contributed by atoms with Gasteiger partial charge in [0.25, 0.3) is 0 Å². The van der Waals surface area contributed by atoms with Crippen LogP contribution in [0.15, 0.2) is 35.3 Å². The Balaban J connectivity index is 2.92. The van der Waals surface area contributed by atoms with Crippen molar-refractivity contribution in [3.8, 4) is 0 Å². The Morgan fingerprint density at radius 1 is 1.36 bits per heavy atom. The third-order valence-corrected chi connectivity index (χ3v) is 2.05. The normalized spacial score (nSPS) is 11.6. The Hall–Kier alpha value is -0.600. The quantitative estimate of drug-likeness (QED) is 0.800. The standard InChI is InChI=1S/C9H10BrN/c10-6-9(7-11)8-4-2-1-3-5-8/h1-6H,7,11H2/b9-6-. The van der Waals surface area contributed by atoms with Crippen LogP contribution < -0.4 is 5.73 Å². The summed E-state index contributed by atoms with van der Waals surface area (Å²) >= 11 is 3.27. The van der Waals surface area contributed by atoms with Crippen molar-refractivity contribution in [2.75, 3.05) is 6.54 Å². The van der Waals surface area contributed by atoms with Crippen molar-refractivity contribution in [3.05, 3.63) is 40.9 Å². The summed E-state index contributed by atoms with van der Waals surface area (Å²) in [7, 11) is 0. The molecule has 2 N–H and O–H groups in total. The van der Waals surface area contributed by atoms with Gasteiger partial charge in [-0.1, -0.05) is 46.3 Å². The first-order valence-electron chi connectivity index (χ1n) is 3.43. The second-order valence-electron chi connectivity index (χ2n) is 2.20. The molecule has 1 aromatic carbocycles. The number of hydrogen-bond donors (Lipinski definition) is 1. The maximum atomic E-state index is 5.52. The third-order valence-electron chi connectivity index (χ3n) is 1.50. The largest absolute Gasteiger partial charge is 0.326 e. The summed E-state index contributed by atoms with van der Waals surface area (Å²) in [5, 5.41) is 0. The van der Waals surface area contributed by atoms with Crippen LogP contribution in [0.5, 0.6) is 0 Å². The molecule has 0 radical (unpaired) electrons. The van der Waals surface area contributed by atoms with E-state index in [0.717, 1.165) is 5.57 Å². The van der Waals surface area contributed by atoms with E-state index in [-0.39, 0.29) is 0 Å². The first kappa shape index (κ1) is 8.50. The zero-order valence-electron chi connectivity index (χ0n) is 6.13. The molecule has 0 fully saturated rings. The molecule has 0 unspecified atom stereocenters. The van der Waals surface area contributed by atoms with E-state index in [0.29, 0.717) is 6.54 Å². The monoisotopic (exact) mass is 211 g/mol. The lowest BCUT2D eigenvalue weighted by Gasteiger charge is -2.01. The van der Waals surface area contributed by atoms with Crippen molar-refractivity contribution in [1.82, 2.24) is 0 Å². The molecule has 0 atom stereocenters. The Bertz CT molecular complexity index is 241. The average Bonchev–Trinajstić information content (AvgIpc) is 2.09. The maximum absolute atomic E-state index is 5.52. The van der Waals surface area contributed by atoms with Crippen LogP contribution in [0.2, 0.25) is 0 Å². The molecule has 0 spiro atoms. The Labute approximate surface area is 75.0 Å². The Kier molecular flexibility index (Phi) is 3.33. The van der Waals surface area contributed by atoms with E-state index >= 15 is 0 Å². The average molecular weight is 212 g/mol. The van der Waals surface area contributed by atoms with Gasteiger partial charge in [-0.15, -0.1) is 0 Å². The molecule has 58 valence electrons. The lowest BCUT2D eigenvalue weighted by Crippen LogP contribution is -2.01. The fourth-order valence-electron chi connectivity index (χ4n) is 0.878. The zero-order valence-corrected chi connectivity index (χ0v) is 7.71. The van der Waals surface area contributed by atoms with Crippen LogP contribution in [0.3, 0.4) is 0 Å². The SMILES string of the molecule is NC/C(=C/Br)c1ccccc1. The smallest absolute Gasteiger partial charge is 0.0189 e. The van der Waals surface area contributed by atoms with Gasteiger partial charge in [0.2, 0.25) is 0 Å². The van der Waals surface area contributed by atoms with E-state index in [1.807, 2.05) is 35.3 Å². The fourth-order valence-corrected chi connectivity index (χ4v) is 1.33. The maximum Gasteiger partial charge on any atom is 0.0189 e. The van der Waals surface area contributed by atoms with Crippen molar-refractivity contribution < 1.29 is 0 Å². The molecule has 0 aliphatic heterocycles. The van der Waals surface area contributed by atoms with Gasteiger partial charge >= 0.3 is 0 Å².